The van der Waals surface area contributed by atoms with Crippen LogP contribution in [-0.4, -0.2) is 41.2 Å². The van der Waals surface area contributed by atoms with E-state index in [1.807, 2.05) is 42.3 Å². The van der Waals surface area contributed by atoms with Gasteiger partial charge in [-0.3, -0.25) is 15.0 Å². The Morgan fingerprint density at radius 1 is 1.25 bits per heavy atom. The number of hydrogen-bond acceptors (Lipinski definition) is 5. The van der Waals surface area contributed by atoms with Crippen molar-refractivity contribution in [3.8, 4) is 5.75 Å². The number of benzene rings is 2. The lowest BCUT2D eigenvalue weighted by Gasteiger charge is -2.20. The van der Waals surface area contributed by atoms with E-state index in [9.17, 15) is 15.2 Å². The molecule has 0 aliphatic rings. The molecule has 6 nitrogen and oxygen atoms in total. The largest absolute Gasteiger partial charge is 0.484 e. The molecule has 0 saturated carbocycles. The van der Waals surface area contributed by atoms with Crippen molar-refractivity contribution >= 4 is 5.69 Å². The molecule has 0 bridgehead atoms. The molecule has 2 aromatic rings. The monoisotopic (exact) mass is 330 g/mol. The van der Waals surface area contributed by atoms with Gasteiger partial charge in [-0.05, 0) is 31.2 Å². The van der Waals surface area contributed by atoms with Gasteiger partial charge in [-0.15, -0.1) is 0 Å². The number of rotatable bonds is 8. The van der Waals surface area contributed by atoms with Crippen LogP contribution in [0.2, 0.25) is 0 Å². The molecule has 0 spiro atoms. The van der Waals surface area contributed by atoms with Crippen LogP contribution >= 0.6 is 0 Å². The third kappa shape index (κ3) is 5.33. The molecular weight excluding hydrogens is 308 g/mol. The lowest BCUT2D eigenvalue weighted by Crippen LogP contribution is -2.32. The minimum atomic E-state index is -0.736. The predicted molar refractivity (Wildman–Crippen MR) is 92.1 cm³/mol. The normalized spacial score (nSPS) is 12.2. The Morgan fingerprint density at radius 2 is 1.96 bits per heavy atom. The van der Waals surface area contributed by atoms with Gasteiger partial charge in [0.05, 0.1) is 4.92 Å². The van der Waals surface area contributed by atoms with Crippen molar-refractivity contribution in [2.45, 2.75) is 19.6 Å². The van der Waals surface area contributed by atoms with Crippen molar-refractivity contribution in [3.63, 3.8) is 0 Å². The number of likely N-dealkylation sites (N-methyl/N-ethyl adjacent to an activating group) is 1. The molecule has 0 aliphatic carbocycles. The summed E-state index contributed by atoms with van der Waals surface area (Å²) in [5.41, 5.74) is 1.86. The summed E-state index contributed by atoms with van der Waals surface area (Å²) in [5.74, 6) is 0.176. The minimum Gasteiger partial charge on any atom is -0.484 e. The van der Waals surface area contributed by atoms with E-state index in [2.05, 4.69) is 0 Å². The summed E-state index contributed by atoms with van der Waals surface area (Å²) in [6.45, 7) is 2.91. The Kier molecular flexibility index (Phi) is 6.28. The standard InChI is InChI=1S/C18H22N2O4/c1-14-8-9-18(17(10-14)20(22)23)24-13-16(21)12-19(2)11-15-6-4-3-5-7-15/h3-10,16,21H,11-13H2,1-2H3. The Hall–Kier alpha value is -2.44. The molecule has 0 amide bonds. The van der Waals surface area contributed by atoms with Crippen LogP contribution in [-0.2, 0) is 6.54 Å². The van der Waals surface area contributed by atoms with E-state index in [0.29, 0.717) is 13.1 Å². The maximum Gasteiger partial charge on any atom is 0.311 e. The highest BCUT2D eigenvalue weighted by molar-refractivity contribution is 5.48. The topological polar surface area (TPSA) is 75.8 Å². The van der Waals surface area contributed by atoms with Crippen molar-refractivity contribution < 1.29 is 14.8 Å². The van der Waals surface area contributed by atoms with E-state index in [0.717, 1.165) is 11.1 Å². The van der Waals surface area contributed by atoms with E-state index in [-0.39, 0.29) is 18.0 Å². The minimum absolute atomic E-state index is 0.00301. The van der Waals surface area contributed by atoms with Crippen molar-refractivity contribution in [2.75, 3.05) is 20.2 Å². The van der Waals surface area contributed by atoms with E-state index < -0.39 is 11.0 Å². The molecule has 1 atom stereocenters. The summed E-state index contributed by atoms with van der Waals surface area (Å²) in [6.07, 6.45) is -0.736. The molecule has 0 aliphatic heterocycles. The molecule has 24 heavy (non-hydrogen) atoms. The van der Waals surface area contributed by atoms with Crippen LogP contribution in [0.5, 0.6) is 5.75 Å². The third-order valence-electron chi connectivity index (χ3n) is 3.56. The van der Waals surface area contributed by atoms with Crippen molar-refractivity contribution in [1.82, 2.24) is 4.90 Å². The van der Waals surface area contributed by atoms with Gasteiger partial charge in [-0.25, -0.2) is 0 Å². The van der Waals surface area contributed by atoms with Crippen LogP contribution in [0.3, 0.4) is 0 Å². The summed E-state index contributed by atoms with van der Waals surface area (Å²) in [7, 11) is 1.91. The predicted octanol–water partition coefficient (Wildman–Crippen LogP) is 2.77. The number of ether oxygens (including phenoxy) is 1. The highest BCUT2D eigenvalue weighted by Crippen LogP contribution is 2.27. The van der Waals surface area contributed by atoms with Crippen molar-refractivity contribution in [1.29, 1.82) is 0 Å². The molecule has 6 heteroatoms. The summed E-state index contributed by atoms with van der Waals surface area (Å²) >= 11 is 0. The first-order valence-electron chi connectivity index (χ1n) is 7.74. The van der Waals surface area contributed by atoms with E-state index in [1.165, 1.54) is 6.07 Å². The van der Waals surface area contributed by atoms with E-state index in [1.54, 1.807) is 19.1 Å². The zero-order valence-corrected chi connectivity index (χ0v) is 13.9. The number of hydrogen-bond donors (Lipinski definition) is 1. The Bertz CT molecular complexity index is 676. The summed E-state index contributed by atoms with van der Waals surface area (Å²) < 4.78 is 5.45. The lowest BCUT2D eigenvalue weighted by molar-refractivity contribution is -0.386. The van der Waals surface area contributed by atoms with E-state index >= 15 is 0 Å². The number of nitro benzene ring substituents is 1. The summed E-state index contributed by atoms with van der Waals surface area (Å²) in [4.78, 5) is 12.6. The highest BCUT2D eigenvalue weighted by Gasteiger charge is 2.17. The van der Waals surface area contributed by atoms with Crippen LogP contribution in [0.15, 0.2) is 48.5 Å². The summed E-state index contributed by atoms with van der Waals surface area (Å²) in [5, 5.41) is 21.2. The van der Waals surface area contributed by atoms with Gasteiger partial charge in [0, 0.05) is 19.2 Å². The van der Waals surface area contributed by atoms with Gasteiger partial charge in [0.25, 0.3) is 0 Å². The number of aliphatic hydroxyl groups is 1. The number of nitro groups is 1. The number of nitrogens with zero attached hydrogens (tertiary/aromatic N) is 2. The fraction of sp³-hybridized carbons (Fsp3) is 0.333. The van der Waals surface area contributed by atoms with Crippen LogP contribution < -0.4 is 4.74 Å². The molecule has 0 saturated heterocycles. The first-order valence-corrected chi connectivity index (χ1v) is 7.74. The zero-order chi connectivity index (χ0) is 17.5. The second kappa shape index (κ2) is 8.42. The van der Waals surface area contributed by atoms with Crippen LogP contribution in [0, 0.1) is 17.0 Å². The molecule has 2 rings (SSSR count). The van der Waals surface area contributed by atoms with E-state index in [4.69, 9.17) is 4.74 Å². The SMILES string of the molecule is Cc1ccc(OCC(O)CN(C)Cc2ccccc2)c([N+](=O)[O-])c1. The Morgan fingerprint density at radius 3 is 2.62 bits per heavy atom. The Labute approximate surface area is 141 Å². The smallest absolute Gasteiger partial charge is 0.311 e. The zero-order valence-electron chi connectivity index (χ0n) is 13.9. The fourth-order valence-corrected chi connectivity index (χ4v) is 2.45. The average Bonchev–Trinajstić information content (AvgIpc) is 2.54. The highest BCUT2D eigenvalue weighted by atomic mass is 16.6. The molecule has 0 aromatic heterocycles. The lowest BCUT2D eigenvalue weighted by atomic mass is 10.2. The maximum absolute atomic E-state index is 11.1. The summed E-state index contributed by atoms with van der Waals surface area (Å²) in [6, 6.07) is 14.7. The molecule has 1 N–H and O–H groups in total. The molecule has 0 fully saturated rings. The molecular formula is C18H22N2O4. The van der Waals surface area contributed by atoms with Crippen molar-refractivity contribution in [3.05, 3.63) is 69.8 Å². The van der Waals surface area contributed by atoms with Gasteiger partial charge in [-0.1, -0.05) is 36.4 Å². The first kappa shape index (κ1) is 17.9. The Balaban J connectivity index is 1.87. The van der Waals surface area contributed by atoms with Gasteiger partial charge in [0.1, 0.15) is 12.7 Å². The van der Waals surface area contributed by atoms with Crippen LogP contribution in [0.25, 0.3) is 0 Å². The van der Waals surface area contributed by atoms with Crippen LogP contribution in [0.1, 0.15) is 11.1 Å². The van der Waals surface area contributed by atoms with Gasteiger partial charge in [0.15, 0.2) is 5.75 Å². The van der Waals surface area contributed by atoms with Crippen molar-refractivity contribution in [2.24, 2.45) is 0 Å². The average molecular weight is 330 g/mol. The quantitative estimate of drug-likeness (QED) is 0.595. The molecule has 0 heterocycles. The molecule has 128 valence electrons. The number of aliphatic hydroxyl groups excluding tert-OH is 1. The maximum atomic E-state index is 11.1. The third-order valence-corrected chi connectivity index (χ3v) is 3.56. The molecule has 0 radical (unpaired) electrons. The second-order valence-corrected chi connectivity index (χ2v) is 5.88. The van der Waals surface area contributed by atoms with Gasteiger partial charge in [-0.2, -0.15) is 0 Å². The molecule has 1 unspecified atom stereocenters. The fourth-order valence-electron chi connectivity index (χ4n) is 2.45. The molecule has 2 aromatic carbocycles. The first-order chi connectivity index (χ1) is 11.5. The van der Waals surface area contributed by atoms with Gasteiger partial charge < -0.3 is 9.84 Å². The van der Waals surface area contributed by atoms with Crippen LogP contribution in [0.4, 0.5) is 5.69 Å². The van der Waals surface area contributed by atoms with Gasteiger partial charge in [0.2, 0.25) is 0 Å². The second-order valence-electron chi connectivity index (χ2n) is 5.88. The number of aryl methyl sites for hydroxylation is 1. The van der Waals surface area contributed by atoms with Gasteiger partial charge >= 0.3 is 5.69 Å².